The normalized spacial score (nSPS) is 10.3. The van der Waals surface area contributed by atoms with E-state index in [4.69, 9.17) is 9.84 Å². The summed E-state index contributed by atoms with van der Waals surface area (Å²) in [7, 11) is 1.66. The fraction of sp³-hybridized carbons (Fsp3) is 0.500. The van der Waals surface area contributed by atoms with E-state index < -0.39 is 5.97 Å². The molecule has 0 fully saturated rings. The molecule has 0 aliphatic heterocycles. The van der Waals surface area contributed by atoms with Crippen LogP contribution in [0.5, 0.6) is 5.75 Å². The van der Waals surface area contributed by atoms with Crippen LogP contribution < -0.4 is 10.1 Å². The van der Waals surface area contributed by atoms with E-state index in [9.17, 15) is 4.79 Å². The Bertz CT molecular complexity index is 366. The third-order valence-corrected chi connectivity index (χ3v) is 2.71. The molecule has 0 saturated carbocycles. The SMILES string of the molecule is COc1cccc(CNCCCCCC(=O)O)c1. The number of unbranched alkanes of at least 4 members (excludes halogenated alkanes) is 2. The fourth-order valence-corrected chi connectivity index (χ4v) is 1.72. The molecule has 100 valence electrons. The van der Waals surface area contributed by atoms with Gasteiger partial charge in [0.1, 0.15) is 5.75 Å². The molecule has 0 radical (unpaired) electrons. The first-order valence-electron chi connectivity index (χ1n) is 6.28. The minimum Gasteiger partial charge on any atom is -0.497 e. The first-order chi connectivity index (χ1) is 8.72. The molecule has 0 saturated heterocycles. The standard InChI is InChI=1S/C14H21NO3/c1-18-13-7-5-6-12(10-13)11-15-9-4-2-3-8-14(16)17/h5-7,10,15H,2-4,8-9,11H2,1H3,(H,16,17). The number of carboxylic acids is 1. The lowest BCUT2D eigenvalue weighted by molar-refractivity contribution is -0.137. The Labute approximate surface area is 108 Å². The van der Waals surface area contributed by atoms with Crippen molar-refractivity contribution in [2.45, 2.75) is 32.2 Å². The Balaban J connectivity index is 2.08. The molecule has 0 aliphatic rings. The third-order valence-electron chi connectivity index (χ3n) is 2.71. The molecule has 0 aliphatic carbocycles. The summed E-state index contributed by atoms with van der Waals surface area (Å²) in [6.45, 7) is 1.73. The lowest BCUT2D eigenvalue weighted by atomic mass is 10.2. The Morgan fingerprint density at radius 3 is 2.89 bits per heavy atom. The minimum absolute atomic E-state index is 0.274. The lowest BCUT2D eigenvalue weighted by Crippen LogP contribution is -2.14. The molecule has 0 spiro atoms. The zero-order valence-electron chi connectivity index (χ0n) is 10.8. The largest absolute Gasteiger partial charge is 0.497 e. The molecule has 0 atom stereocenters. The van der Waals surface area contributed by atoms with Crippen molar-refractivity contribution in [3.8, 4) is 5.75 Å². The third kappa shape index (κ3) is 6.25. The van der Waals surface area contributed by atoms with Gasteiger partial charge in [0.05, 0.1) is 7.11 Å². The highest BCUT2D eigenvalue weighted by atomic mass is 16.5. The van der Waals surface area contributed by atoms with Crippen molar-refractivity contribution in [1.29, 1.82) is 0 Å². The van der Waals surface area contributed by atoms with Crippen LogP contribution in [0.1, 0.15) is 31.2 Å². The van der Waals surface area contributed by atoms with E-state index in [2.05, 4.69) is 11.4 Å². The van der Waals surface area contributed by atoms with E-state index >= 15 is 0 Å². The highest BCUT2D eigenvalue weighted by molar-refractivity contribution is 5.66. The van der Waals surface area contributed by atoms with Gasteiger partial charge in [-0.1, -0.05) is 18.6 Å². The first kappa shape index (κ1) is 14.5. The van der Waals surface area contributed by atoms with Crippen molar-refractivity contribution in [3.05, 3.63) is 29.8 Å². The van der Waals surface area contributed by atoms with Gasteiger partial charge >= 0.3 is 5.97 Å². The van der Waals surface area contributed by atoms with Crippen molar-refractivity contribution in [2.75, 3.05) is 13.7 Å². The second-order valence-electron chi connectivity index (χ2n) is 4.23. The summed E-state index contributed by atoms with van der Waals surface area (Å²) in [5.74, 6) is 0.162. The van der Waals surface area contributed by atoms with Crippen LogP contribution in [0, 0.1) is 0 Å². The monoisotopic (exact) mass is 251 g/mol. The predicted octanol–water partition coefficient (Wildman–Crippen LogP) is 2.43. The minimum atomic E-state index is -0.709. The number of rotatable bonds is 9. The number of carbonyl (C=O) groups is 1. The first-order valence-corrected chi connectivity index (χ1v) is 6.28. The highest BCUT2D eigenvalue weighted by Crippen LogP contribution is 2.12. The van der Waals surface area contributed by atoms with Gasteiger partial charge in [0.2, 0.25) is 0 Å². The van der Waals surface area contributed by atoms with E-state index in [1.54, 1.807) is 7.11 Å². The second-order valence-corrected chi connectivity index (χ2v) is 4.23. The molecular formula is C14H21NO3. The number of benzene rings is 1. The summed E-state index contributed by atoms with van der Waals surface area (Å²) in [4.78, 5) is 10.3. The van der Waals surface area contributed by atoms with Crippen LogP contribution in [0.3, 0.4) is 0 Å². The molecule has 0 unspecified atom stereocenters. The molecule has 0 amide bonds. The van der Waals surface area contributed by atoms with E-state index in [1.165, 1.54) is 5.56 Å². The number of aliphatic carboxylic acids is 1. The van der Waals surface area contributed by atoms with Gasteiger partial charge in [-0.25, -0.2) is 0 Å². The van der Waals surface area contributed by atoms with Crippen LogP contribution in [-0.2, 0) is 11.3 Å². The summed E-state index contributed by atoms with van der Waals surface area (Å²) >= 11 is 0. The van der Waals surface area contributed by atoms with Crippen LogP contribution in [-0.4, -0.2) is 24.7 Å². The number of hydrogen-bond acceptors (Lipinski definition) is 3. The van der Waals surface area contributed by atoms with Crippen molar-refractivity contribution in [3.63, 3.8) is 0 Å². The Morgan fingerprint density at radius 1 is 1.33 bits per heavy atom. The molecule has 0 heterocycles. The molecule has 0 aromatic heterocycles. The van der Waals surface area contributed by atoms with Gasteiger partial charge < -0.3 is 15.2 Å². The Morgan fingerprint density at radius 2 is 2.17 bits per heavy atom. The molecule has 0 bridgehead atoms. The zero-order chi connectivity index (χ0) is 13.2. The van der Waals surface area contributed by atoms with Gasteiger partial charge in [-0.05, 0) is 37.1 Å². The molecule has 4 nitrogen and oxygen atoms in total. The summed E-state index contributed by atoms with van der Waals surface area (Å²) in [6.07, 6.45) is 3.00. The number of nitrogens with one attached hydrogen (secondary N) is 1. The maximum Gasteiger partial charge on any atom is 0.303 e. The summed E-state index contributed by atoms with van der Waals surface area (Å²) in [5.41, 5.74) is 1.19. The highest BCUT2D eigenvalue weighted by Gasteiger charge is 1.97. The van der Waals surface area contributed by atoms with Crippen molar-refractivity contribution in [2.24, 2.45) is 0 Å². The number of ether oxygens (including phenoxy) is 1. The van der Waals surface area contributed by atoms with Crippen LogP contribution in [0.4, 0.5) is 0 Å². The number of methoxy groups -OCH3 is 1. The van der Waals surface area contributed by atoms with Crippen LogP contribution in [0.25, 0.3) is 0 Å². The maximum atomic E-state index is 10.3. The average Bonchev–Trinajstić information content (AvgIpc) is 2.37. The molecule has 1 rings (SSSR count). The van der Waals surface area contributed by atoms with Crippen molar-refractivity contribution in [1.82, 2.24) is 5.32 Å². The lowest BCUT2D eigenvalue weighted by Gasteiger charge is -2.06. The van der Waals surface area contributed by atoms with Gasteiger partial charge in [0, 0.05) is 13.0 Å². The van der Waals surface area contributed by atoms with Crippen LogP contribution in [0.15, 0.2) is 24.3 Å². The zero-order valence-corrected chi connectivity index (χ0v) is 10.8. The quantitative estimate of drug-likeness (QED) is 0.662. The Kier molecular flexibility index (Phi) is 6.87. The molecule has 1 aromatic carbocycles. The molecule has 2 N–H and O–H groups in total. The van der Waals surface area contributed by atoms with Crippen molar-refractivity contribution >= 4 is 5.97 Å². The van der Waals surface area contributed by atoms with Gasteiger partial charge in [0.25, 0.3) is 0 Å². The van der Waals surface area contributed by atoms with E-state index in [-0.39, 0.29) is 6.42 Å². The number of hydrogen-bond donors (Lipinski definition) is 2. The summed E-state index contributed by atoms with van der Waals surface area (Å²) in [6, 6.07) is 7.97. The average molecular weight is 251 g/mol. The maximum absolute atomic E-state index is 10.3. The van der Waals surface area contributed by atoms with Crippen LogP contribution in [0.2, 0.25) is 0 Å². The van der Waals surface area contributed by atoms with Crippen LogP contribution >= 0.6 is 0 Å². The van der Waals surface area contributed by atoms with Gasteiger partial charge in [-0.15, -0.1) is 0 Å². The molecule has 4 heteroatoms. The second kappa shape index (κ2) is 8.53. The summed E-state index contributed by atoms with van der Waals surface area (Å²) in [5, 5.41) is 11.8. The number of carboxylic acid groups (broad SMARTS) is 1. The predicted molar refractivity (Wildman–Crippen MR) is 70.8 cm³/mol. The van der Waals surface area contributed by atoms with E-state index in [1.807, 2.05) is 18.2 Å². The summed E-state index contributed by atoms with van der Waals surface area (Å²) < 4.78 is 5.15. The van der Waals surface area contributed by atoms with Gasteiger partial charge in [-0.3, -0.25) is 4.79 Å². The Hall–Kier alpha value is -1.55. The smallest absolute Gasteiger partial charge is 0.303 e. The van der Waals surface area contributed by atoms with Gasteiger partial charge in [0.15, 0.2) is 0 Å². The fourth-order valence-electron chi connectivity index (χ4n) is 1.72. The van der Waals surface area contributed by atoms with E-state index in [0.29, 0.717) is 0 Å². The molecule has 1 aromatic rings. The van der Waals surface area contributed by atoms with Crippen molar-refractivity contribution < 1.29 is 14.6 Å². The van der Waals surface area contributed by atoms with E-state index in [0.717, 1.165) is 38.1 Å². The molecule has 18 heavy (non-hydrogen) atoms. The van der Waals surface area contributed by atoms with Gasteiger partial charge in [-0.2, -0.15) is 0 Å². The molecular weight excluding hydrogens is 230 g/mol. The topological polar surface area (TPSA) is 58.6 Å².